The molecule has 1 aliphatic heterocycles. The minimum absolute atomic E-state index is 0. The number of nitrogens with two attached hydrogens (primary N) is 1. The number of para-hydroxylation sites is 1. The summed E-state index contributed by atoms with van der Waals surface area (Å²) in [7, 11) is 0. The zero-order valence-electron chi connectivity index (χ0n) is 14.6. The molecule has 1 aromatic heterocycles. The smallest absolute Gasteiger partial charge is 0.194 e. The molecule has 3 N–H and O–H groups in total. The van der Waals surface area contributed by atoms with Gasteiger partial charge in [-0.15, -0.1) is 24.0 Å². The molecule has 2 aromatic rings. The molecule has 0 saturated carbocycles. The van der Waals surface area contributed by atoms with Gasteiger partial charge in [-0.1, -0.05) is 25.1 Å². The predicted molar refractivity (Wildman–Crippen MR) is 108 cm³/mol. The van der Waals surface area contributed by atoms with Crippen molar-refractivity contribution in [1.82, 2.24) is 10.3 Å². The van der Waals surface area contributed by atoms with Crippen LogP contribution in [0.15, 0.2) is 33.7 Å². The topological polar surface area (TPSA) is 85.7 Å². The lowest BCUT2D eigenvalue weighted by Crippen LogP contribution is -2.37. The monoisotopic (exact) mass is 456 g/mol. The number of fused-ring (bicyclic) bond motifs is 1. The second kappa shape index (κ2) is 9.07. The number of nitrogens with one attached hydrogen (secondary N) is 1. The maximum atomic E-state index is 6.06. The zero-order chi connectivity index (χ0) is 16.9. The van der Waals surface area contributed by atoms with Crippen molar-refractivity contribution in [3.8, 4) is 5.75 Å². The van der Waals surface area contributed by atoms with Crippen LogP contribution in [0, 0.1) is 6.92 Å². The molecule has 2 heterocycles. The molecule has 7 heteroatoms. The molecule has 0 amide bonds. The van der Waals surface area contributed by atoms with Crippen molar-refractivity contribution in [2.45, 2.75) is 45.7 Å². The SMILES string of the molecule is CCCc1nc(C)c(CN=C(N)NC2CCOc3ccccc32)o1.I. The largest absolute Gasteiger partial charge is 0.493 e. The van der Waals surface area contributed by atoms with Gasteiger partial charge in [-0.25, -0.2) is 9.98 Å². The lowest BCUT2D eigenvalue weighted by Gasteiger charge is -2.26. The van der Waals surface area contributed by atoms with E-state index in [1.165, 1.54) is 0 Å². The highest BCUT2D eigenvalue weighted by Gasteiger charge is 2.21. The van der Waals surface area contributed by atoms with Gasteiger partial charge in [-0.05, 0) is 19.4 Å². The van der Waals surface area contributed by atoms with E-state index < -0.39 is 0 Å². The lowest BCUT2D eigenvalue weighted by atomic mass is 10.0. The minimum atomic E-state index is 0. The van der Waals surface area contributed by atoms with Gasteiger partial charge in [0, 0.05) is 18.4 Å². The molecule has 0 radical (unpaired) electrons. The third-order valence-corrected chi connectivity index (χ3v) is 4.07. The quantitative estimate of drug-likeness (QED) is 0.409. The first-order valence-corrected chi connectivity index (χ1v) is 8.40. The number of oxazole rings is 1. The van der Waals surface area contributed by atoms with Gasteiger partial charge in [0.05, 0.1) is 18.3 Å². The molecular weight excluding hydrogens is 431 g/mol. The van der Waals surface area contributed by atoms with E-state index in [0.717, 1.165) is 47.9 Å². The maximum absolute atomic E-state index is 6.06. The van der Waals surface area contributed by atoms with Gasteiger partial charge in [0.25, 0.3) is 0 Å². The van der Waals surface area contributed by atoms with Crippen LogP contribution in [-0.4, -0.2) is 17.6 Å². The van der Waals surface area contributed by atoms with Gasteiger partial charge in [0.1, 0.15) is 18.1 Å². The average Bonchev–Trinajstić information content (AvgIpc) is 2.93. The summed E-state index contributed by atoms with van der Waals surface area (Å²) in [5, 5.41) is 3.28. The summed E-state index contributed by atoms with van der Waals surface area (Å²) in [6.45, 7) is 5.10. The predicted octanol–water partition coefficient (Wildman–Crippen LogP) is 3.48. The third-order valence-electron chi connectivity index (χ3n) is 4.07. The number of benzene rings is 1. The van der Waals surface area contributed by atoms with Crippen LogP contribution in [0.3, 0.4) is 0 Å². The normalized spacial score (nSPS) is 16.6. The van der Waals surface area contributed by atoms with Gasteiger partial charge < -0.3 is 20.2 Å². The van der Waals surface area contributed by atoms with Gasteiger partial charge in [-0.3, -0.25) is 0 Å². The summed E-state index contributed by atoms with van der Waals surface area (Å²) in [4.78, 5) is 8.81. The van der Waals surface area contributed by atoms with E-state index in [2.05, 4.69) is 28.3 Å². The molecule has 3 rings (SSSR count). The number of rotatable bonds is 5. The second-order valence-corrected chi connectivity index (χ2v) is 5.94. The van der Waals surface area contributed by atoms with Crippen LogP contribution in [0.25, 0.3) is 0 Å². The van der Waals surface area contributed by atoms with Gasteiger partial charge in [0.15, 0.2) is 11.9 Å². The van der Waals surface area contributed by atoms with Crippen molar-refractivity contribution < 1.29 is 9.15 Å². The highest BCUT2D eigenvalue weighted by molar-refractivity contribution is 14.0. The number of ether oxygens (including phenoxy) is 1. The highest BCUT2D eigenvalue weighted by Crippen LogP contribution is 2.31. The van der Waals surface area contributed by atoms with Crippen LogP contribution >= 0.6 is 24.0 Å². The minimum Gasteiger partial charge on any atom is -0.493 e. The first-order valence-electron chi connectivity index (χ1n) is 8.40. The van der Waals surface area contributed by atoms with E-state index in [4.69, 9.17) is 14.9 Å². The molecule has 136 valence electrons. The number of aliphatic imine (C=N–C) groups is 1. The fourth-order valence-corrected chi connectivity index (χ4v) is 2.83. The number of hydrogen-bond acceptors (Lipinski definition) is 4. The van der Waals surface area contributed by atoms with Crippen molar-refractivity contribution >= 4 is 29.9 Å². The van der Waals surface area contributed by atoms with E-state index in [1.807, 2.05) is 25.1 Å². The summed E-state index contributed by atoms with van der Waals surface area (Å²) in [6.07, 6.45) is 2.71. The first-order chi connectivity index (χ1) is 11.7. The Bertz CT molecular complexity index is 730. The Morgan fingerprint density at radius 2 is 2.20 bits per heavy atom. The third kappa shape index (κ3) is 4.87. The van der Waals surface area contributed by atoms with Crippen LogP contribution in [0.4, 0.5) is 0 Å². The Labute approximate surface area is 165 Å². The molecule has 25 heavy (non-hydrogen) atoms. The molecule has 1 unspecified atom stereocenters. The zero-order valence-corrected chi connectivity index (χ0v) is 16.9. The van der Waals surface area contributed by atoms with Crippen LogP contribution in [0.5, 0.6) is 5.75 Å². The lowest BCUT2D eigenvalue weighted by molar-refractivity contribution is 0.262. The molecule has 1 aromatic carbocycles. The number of aromatic nitrogens is 1. The fourth-order valence-electron chi connectivity index (χ4n) is 2.83. The second-order valence-electron chi connectivity index (χ2n) is 5.94. The number of halogens is 1. The maximum Gasteiger partial charge on any atom is 0.194 e. The molecule has 1 aliphatic rings. The van der Waals surface area contributed by atoms with Crippen LogP contribution in [-0.2, 0) is 13.0 Å². The van der Waals surface area contributed by atoms with Crippen molar-refractivity contribution in [3.05, 3.63) is 47.2 Å². The van der Waals surface area contributed by atoms with Crippen molar-refractivity contribution in [1.29, 1.82) is 0 Å². The molecule has 0 aliphatic carbocycles. The Morgan fingerprint density at radius 1 is 1.40 bits per heavy atom. The van der Waals surface area contributed by atoms with Crippen LogP contribution < -0.4 is 15.8 Å². The molecular formula is C18H25IN4O2. The van der Waals surface area contributed by atoms with Gasteiger partial charge in [0.2, 0.25) is 0 Å². The number of aryl methyl sites for hydroxylation is 2. The van der Waals surface area contributed by atoms with E-state index in [-0.39, 0.29) is 30.0 Å². The van der Waals surface area contributed by atoms with Crippen molar-refractivity contribution in [2.24, 2.45) is 10.7 Å². The van der Waals surface area contributed by atoms with Crippen LogP contribution in [0.2, 0.25) is 0 Å². The molecule has 1 atom stereocenters. The Hall–Kier alpha value is -1.77. The molecule has 6 nitrogen and oxygen atoms in total. The first kappa shape index (κ1) is 19.6. The summed E-state index contributed by atoms with van der Waals surface area (Å²) in [5.41, 5.74) is 8.06. The summed E-state index contributed by atoms with van der Waals surface area (Å²) in [6, 6.07) is 8.12. The Kier molecular flexibility index (Phi) is 7.10. The highest BCUT2D eigenvalue weighted by atomic mass is 127. The van der Waals surface area contributed by atoms with Gasteiger partial charge in [-0.2, -0.15) is 0 Å². The van der Waals surface area contributed by atoms with E-state index >= 15 is 0 Å². The average molecular weight is 456 g/mol. The Morgan fingerprint density at radius 3 is 3.00 bits per heavy atom. The van der Waals surface area contributed by atoms with Gasteiger partial charge >= 0.3 is 0 Å². The summed E-state index contributed by atoms with van der Waals surface area (Å²) >= 11 is 0. The standard InChI is InChI=1S/C18H24N4O2.HI/c1-3-6-17-21-12(2)16(24-17)11-20-18(19)22-14-9-10-23-15-8-5-4-7-13(14)15;/h4-5,7-8,14H,3,6,9-11H2,1-2H3,(H3,19,20,22);1H. The molecule has 0 saturated heterocycles. The Balaban J connectivity index is 0.00000225. The van der Waals surface area contributed by atoms with E-state index in [1.54, 1.807) is 0 Å². The van der Waals surface area contributed by atoms with E-state index in [9.17, 15) is 0 Å². The van der Waals surface area contributed by atoms with Crippen molar-refractivity contribution in [2.75, 3.05) is 6.61 Å². The summed E-state index contributed by atoms with van der Waals surface area (Å²) < 4.78 is 11.4. The van der Waals surface area contributed by atoms with Crippen LogP contribution in [0.1, 0.15) is 48.7 Å². The number of guanidine groups is 1. The molecule has 0 fully saturated rings. The van der Waals surface area contributed by atoms with E-state index in [0.29, 0.717) is 19.1 Å². The number of hydrogen-bond donors (Lipinski definition) is 2. The summed E-state index contributed by atoms with van der Waals surface area (Å²) in [5.74, 6) is 2.86. The molecule has 0 bridgehead atoms. The van der Waals surface area contributed by atoms with Crippen molar-refractivity contribution in [3.63, 3.8) is 0 Å². The molecule has 0 spiro atoms. The fraction of sp³-hybridized carbons (Fsp3) is 0.444. The number of nitrogens with zero attached hydrogens (tertiary/aromatic N) is 2.